The van der Waals surface area contributed by atoms with Crippen LogP contribution in [0.15, 0.2) is 85.1 Å². The van der Waals surface area contributed by atoms with Crippen molar-refractivity contribution in [2.75, 3.05) is 11.4 Å². The number of halogens is 1. The Kier molecular flexibility index (Phi) is 6.74. The van der Waals surface area contributed by atoms with Crippen LogP contribution >= 0.6 is 0 Å². The van der Waals surface area contributed by atoms with Crippen molar-refractivity contribution in [2.45, 2.75) is 32.9 Å². The summed E-state index contributed by atoms with van der Waals surface area (Å²) >= 11 is 0. The number of rotatable bonds is 6. The van der Waals surface area contributed by atoms with E-state index in [2.05, 4.69) is 0 Å². The smallest absolute Gasteiger partial charge is 0.273 e. The van der Waals surface area contributed by atoms with Gasteiger partial charge in [-0.25, -0.2) is 4.39 Å². The lowest BCUT2D eigenvalue weighted by molar-refractivity contribution is -0.385. The van der Waals surface area contributed by atoms with E-state index >= 15 is 0 Å². The summed E-state index contributed by atoms with van der Waals surface area (Å²) < 4.78 is 15.8. The number of nitro benzene ring substituents is 1. The second-order valence-electron chi connectivity index (χ2n) is 9.79. The molecular formula is C30H27FN4O4. The van der Waals surface area contributed by atoms with Crippen molar-refractivity contribution in [2.24, 2.45) is 0 Å². The number of benzene rings is 3. The van der Waals surface area contributed by atoms with Crippen molar-refractivity contribution in [3.8, 4) is 5.69 Å². The second-order valence-corrected chi connectivity index (χ2v) is 9.79. The molecule has 2 amide bonds. The highest BCUT2D eigenvalue weighted by molar-refractivity contribution is 6.03. The number of para-hydroxylation sites is 2. The van der Waals surface area contributed by atoms with E-state index in [0.29, 0.717) is 11.3 Å². The predicted octanol–water partition coefficient (Wildman–Crippen LogP) is 5.82. The fraction of sp³-hybridized carbons (Fsp3) is 0.200. The third-order valence-corrected chi connectivity index (χ3v) is 7.02. The molecule has 3 aromatic carbocycles. The topological polar surface area (TPSA) is 88.7 Å². The molecule has 0 radical (unpaired) electrons. The summed E-state index contributed by atoms with van der Waals surface area (Å²) in [5.41, 5.74) is 3.43. The number of hydrogen-bond acceptors (Lipinski definition) is 4. The molecule has 4 aromatic rings. The lowest BCUT2D eigenvalue weighted by Gasteiger charge is -2.40. The Labute approximate surface area is 225 Å². The largest absolute Gasteiger partial charge is 0.327 e. The van der Waals surface area contributed by atoms with Gasteiger partial charge in [-0.3, -0.25) is 24.6 Å². The number of carbonyl (C=O) groups is 2. The van der Waals surface area contributed by atoms with E-state index in [1.54, 1.807) is 37.8 Å². The van der Waals surface area contributed by atoms with Crippen LogP contribution in [-0.4, -0.2) is 38.8 Å². The molecule has 1 unspecified atom stereocenters. The molecule has 9 heteroatoms. The van der Waals surface area contributed by atoms with Crippen molar-refractivity contribution in [3.05, 3.63) is 123 Å². The van der Waals surface area contributed by atoms with Crippen LogP contribution in [0.25, 0.3) is 5.69 Å². The molecule has 198 valence electrons. The number of aryl methyl sites for hydroxylation is 1. The van der Waals surface area contributed by atoms with Gasteiger partial charge in [0.05, 0.1) is 22.0 Å². The number of nitrogens with zero attached hydrogens (tertiary/aromatic N) is 4. The molecule has 2 heterocycles. The zero-order valence-electron chi connectivity index (χ0n) is 21.7. The van der Waals surface area contributed by atoms with Crippen LogP contribution in [0.5, 0.6) is 0 Å². The quantitative estimate of drug-likeness (QED) is 0.234. The van der Waals surface area contributed by atoms with Crippen LogP contribution in [0.3, 0.4) is 0 Å². The first kappa shape index (κ1) is 25.8. The minimum absolute atomic E-state index is 0.136. The highest BCUT2D eigenvalue weighted by atomic mass is 19.1. The van der Waals surface area contributed by atoms with Gasteiger partial charge in [0, 0.05) is 29.4 Å². The summed E-state index contributed by atoms with van der Waals surface area (Å²) in [7, 11) is 0. The Morgan fingerprint density at radius 1 is 1.00 bits per heavy atom. The summed E-state index contributed by atoms with van der Waals surface area (Å²) in [6, 6.07) is 20.7. The number of fused-ring (bicyclic) bond motifs is 3. The molecule has 1 aromatic heterocycles. The van der Waals surface area contributed by atoms with Crippen molar-refractivity contribution in [1.29, 1.82) is 0 Å². The van der Waals surface area contributed by atoms with E-state index in [1.165, 1.54) is 35.2 Å². The molecule has 0 fully saturated rings. The van der Waals surface area contributed by atoms with Crippen molar-refractivity contribution < 1.29 is 18.9 Å². The second kappa shape index (κ2) is 10.2. The molecule has 0 saturated carbocycles. The van der Waals surface area contributed by atoms with Gasteiger partial charge in [-0.15, -0.1) is 0 Å². The SMILES string of the molecule is Cc1ccc(C(=O)N(CC(=O)N2c3ccccc3-n3cccc3C2c2ccc(F)cc2)C(C)C)cc1[N+](=O)[O-]. The van der Waals surface area contributed by atoms with Gasteiger partial charge in [0.2, 0.25) is 5.91 Å². The first-order valence-electron chi connectivity index (χ1n) is 12.6. The highest BCUT2D eigenvalue weighted by Gasteiger charge is 2.37. The fourth-order valence-electron chi connectivity index (χ4n) is 5.04. The van der Waals surface area contributed by atoms with Gasteiger partial charge in [-0.1, -0.05) is 30.3 Å². The van der Waals surface area contributed by atoms with Gasteiger partial charge >= 0.3 is 0 Å². The summed E-state index contributed by atoms with van der Waals surface area (Å²) in [4.78, 5) is 41.7. The van der Waals surface area contributed by atoms with E-state index in [9.17, 15) is 24.1 Å². The summed E-state index contributed by atoms with van der Waals surface area (Å²) in [6.45, 7) is 4.93. The third kappa shape index (κ3) is 4.67. The van der Waals surface area contributed by atoms with E-state index in [4.69, 9.17) is 0 Å². The van der Waals surface area contributed by atoms with Crippen LogP contribution in [0.4, 0.5) is 15.8 Å². The third-order valence-electron chi connectivity index (χ3n) is 7.02. The van der Waals surface area contributed by atoms with Crippen molar-refractivity contribution in [3.63, 3.8) is 0 Å². The van der Waals surface area contributed by atoms with E-state index in [-0.39, 0.29) is 35.6 Å². The molecule has 1 aliphatic heterocycles. The predicted molar refractivity (Wildman–Crippen MR) is 146 cm³/mol. The Balaban J connectivity index is 1.56. The summed E-state index contributed by atoms with van der Waals surface area (Å²) in [5, 5.41) is 11.5. The van der Waals surface area contributed by atoms with Crippen molar-refractivity contribution in [1.82, 2.24) is 9.47 Å². The molecule has 0 bridgehead atoms. The molecule has 0 spiro atoms. The maximum absolute atomic E-state index is 14.2. The normalized spacial score (nSPS) is 14.1. The molecule has 0 aliphatic carbocycles. The van der Waals surface area contributed by atoms with Crippen LogP contribution in [-0.2, 0) is 4.79 Å². The summed E-state index contributed by atoms with van der Waals surface area (Å²) in [6.07, 6.45) is 1.92. The van der Waals surface area contributed by atoms with Crippen LogP contribution in [0, 0.1) is 22.9 Å². The molecule has 1 atom stereocenters. The van der Waals surface area contributed by atoms with Gasteiger partial charge in [-0.2, -0.15) is 0 Å². The van der Waals surface area contributed by atoms with E-state index < -0.39 is 16.9 Å². The van der Waals surface area contributed by atoms with Crippen LogP contribution in [0.1, 0.15) is 47.1 Å². The lowest BCUT2D eigenvalue weighted by Crippen LogP contribution is -2.48. The van der Waals surface area contributed by atoms with Crippen LogP contribution < -0.4 is 4.90 Å². The lowest BCUT2D eigenvalue weighted by atomic mass is 9.97. The highest BCUT2D eigenvalue weighted by Crippen LogP contribution is 2.42. The Morgan fingerprint density at radius 3 is 2.36 bits per heavy atom. The molecule has 8 nitrogen and oxygen atoms in total. The van der Waals surface area contributed by atoms with Gasteiger partial charge in [0.25, 0.3) is 11.6 Å². The number of nitro groups is 1. The number of hydrogen-bond donors (Lipinski definition) is 0. The average molecular weight is 527 g/mol. The van der Waals surface area contributed by atoms with E-state index in [1.807, 2.05) is 47.2 Å². The minimum Gasteiger partial charge on any atom is -0.327 e. The molecular weight excluding hydrogens is 499 g/mol. The maximum Gasteiger partial charge on any atom is 0.273 e. The monoisotopic (exact) mass is 526 g/mol. The first-order valence-corrected chi connectivity index (χ1v) is 12.6. The number of anilines is 1. The summed E-state index contributed by atoms with van der Waals surface area (Å²) in [5.74, 6) is -1.20. The standard InChI is InChI=1S/C30H27FN4O4/c1-19(2)33(30(37)22-11-10-20(3)27(17-22)35(38)39)18-28(36)34-25-8-5-4-7-24(25)32-16-6-9-26(32)29(34)21-12-14-23(31)15-13-21/h4-17,19,29H,18H2,1-3H3. The number of carbonyl (C=O) groups excluding carboxylic acids is 2. The Bertz CT molecular complexity index is 1580. The zero-order chi connectivity index (χ0) is 27.8. The van der Waals surface area contributed by atoms with Gasteiger partial charge in [0.1, 0.15) is 18.4 Å². The average Bonchev–Trinajstić information content (AvgIpc) is 3.41. The molecule has 1 aliphatic rings. The van der Waals surface area contributed by atoms with Gasteiger partial charge < -0.3 is 9.47 Å². The van der Waals surface area contributed by atoms with Crippen molar-refractivity contribution >= 4 is 23.2 Å². The molecule has 39 heavy (non-hydrogen) atoms. The molecule has 0 saturated heterocycles. The Morgan fingerprint density at radius 2 is 1.69 bits per heavy atom. The fourth-order valence-corrected chi connectivity index (χ4v) is 5.04. The number of amides is 2. The van der Waals surface area contributed by atoms with Gasteiger partial charge in [-0.05, 0) is 68.8 Å². The first-order chi connectivity index (χ1) is 18.7. The molecule has 5 rings (SSSR count). The molecule has 0 N–H and O–H groups in total. The Hall–Kier alpha value is -4.79. The number of aromatic nitrogens is 1. The zero-order valence-corrected chi connectivity index (χ0v) is 21.7. The minimum atomic E-state index is -0.562. The van der Waals surface area contributed by atoms with Gasteiger partial charge in [0.15, 0.2) is 0 Å². The van der Waals surface area contributed by atoms with E-state index in [0.717, 1.165) is 16.9 Å². The van der Waals surface area contributed by atoms with Crippen LogP contribution in [0.2, 0.25) is 0 Å². The maximum atomic E-state index is 14.2.